The number of carbonyl (C=O) groups is 4. The van der Waals surface area contributed by atoms with Gasteiger partial charge in [-0.2, -0.15) is 43.9 Å². The highest BCUT2D eigenvalue weighted by molar-refractivity contribution is 5.90. The van der Waals surface area contributed by atoms with Crippen LogP contribution in [0, 0.1) is 0 Å². The summed E-state index contributed by atoms with van der Waals surface area (Å²) in [5.41, 5.74) is 0. The lowest BCUT2D eigenvalue weighted by Crippen LogP contribution is -2.72. The molecule has 0 aliphatic rings. The highest BCUT2D eigenvalue weighted by Crippen LogP contribution is 2.57. The number of carbonyl (C=O) groups excluding carboxylic acids is 2. The number of halogens is 10. The summed E-state index contributed by atoms with van der Waals surface area (Å²) in [4.78, 5) is 43.0. The van der Waals surface area contributed by atoms with E-state index in [1.54, 1.807) is 0 Å². The lowest BCUT2D eigenvalue weighted by atomic mass is 9.93. The minimum atomic E-state index is -7.80. The Morgan fingerprint density at radius 2 is 0.806 bits per heavy atom. The molecule has 0 saturated heterocycles. The fourth-order valence-corrected chi connectivity index (χ4v) is 1.57. The lowest BCUT2D eigenvalue weighted by molar-refractivity contribution is -0.388. The quantitative estimate of drug-likeness (QED) is 0.348. The SMILES string of the molecule is C[C@H](NC(=O)C(F)(F)C(F)(F)C(F)(F)C(F)(F)C(F)(F)C(=O)N[C@@H](C)C(=O)O)C(=O)O. The first-order chi connectivity index (χ1) is 13.5. The first-order valence-electron chi connectivity index (χ1n) is 7.46. The molecule has 0 saturated carbocycles. The summed E-state index contributed by atoms with van der Waals surface area (Å²) in [6.07, 6.45) is 0. The van der Waals surface area contributed by atoms with Crippen LogP contribution in [0.25, 0.3) is 0 Å². The predicted octanol–water partition coefficient (Wildman–Crippen LogP) is 1.34. The summed E-state index contributed by atoms with van der Waals surface area (Å²) in [6, 6.07) is -4.85. The van der Waals surface area contributed by atoms with Gasteiger partial charge in [0.15, 0.2) is 0 Å². The van der Waals surface area contributed by atoms with Crippen molar-refractivity contribution in [3.8, 4) is 0 Å². The molecule has 0 radical (unpaired) electrons. The number of hydrogen-bond acceptors (Lipinski definition) is 4. The number of nitrogens with one attached hydrogen (secondary N) is 2. The van der Waals surface area contributed by atoms with Crippen molar-refractivity contribution in [3.63, 3.8) is 0 Å². The molecule has 0 fully saturated rings. The van der Waals surface area contributed by atoms with Gasteiger partial charge in [0.25, 0.3) is 11.8 Å². The highest BCUT2D eigenvalue weighted by atomic mass is 19.4. The van der Waals surface area contributed by atoms with Crippen LogP contribution in [-0.4, -0.2) is 75.7 Å². The molecular weight excluding hydrogens is 470 g/mol. The zero-order valence-corrected chi connectivity index (χ0v) is 15.0. The van der Waals surface area contributed by atoms with Gasteiger partial charge in [0, 0.05) is 0 Å². The fourth-order valence-electron chi connectivity index (χ4n) is 1.57. The van der Waals surface area contributed by atoms with Crippen LogP contribution in [0.2, 0.25) is 0 Å². The van der Waals surface area contributed by atoms with Crippen LogP contribution in [0.15, 0.2) is 0 Å². The van der Waals surface area contributed by atoms with E-state index in [0.29, 0.717) is 24.5 Å². The standard InChI is InChI=1S/C13H12F10N2O6/c1-3(5(26)27)24-7(30)9(14,15)11(18,19)13(22,23)12(20,21)10(16,17)8(31)25-4(2)6(28)29/h3-4H,1-2H3,(H,24,30)(H,25,31)(H,26,27)(H,28,29)/t3-,4-/m0/s1. The smallest absolute Gasteiger partial charge is 0.392 e. The number of carboxylic acid groups (broad SMARTS) is 2. The third-order valence-electron chi connectivity index (χ3n) is 3.58. The van der Waals surface area contributed by atoms with Crippen molar-refractivity contribution < 1.29 is 73.3 Å². The van der Waals surface area contributed by atoms with Gasteiger partial charge in [0.1, 0.15) is 12.1 Å². The van der Waals surface area contributed by atoms with Crippen LogP contribution in [0.5, 0.6) is 0 Å². The zero-order chi connectivity index (χ0) is 25.4. The van der Waals surface area contributed by atoms with Gasteiger partial charge in [-0.05, 0) is 13.8 Å². The summed E-state index contributed by atoms with van der Waals surface area (Å²) in [5.74, 6) is -48.1. The molecule has 31 heavy (non-hydrogen) atoms. The Bertz CT molecular complexity index is 697. The van der Waals surface area contributed by atoms with Crippen LogP contribution in [-0.2, 0) is 19.2 Å². The van der Waals surface area contributed by atoms with Crippen molar-refractivity contribution in [2.45, 2.75) is 55.5 Å². The summed E-state index contributed by atoms with van der Waals surface area (Å²) >= 11 is 0. The Labute approximate surface area is 164 Å². The highest BCUT2D eigenvalue weighted by Gasteiger charge is 2.89. The Morgan fingerprint density at radius 3 is 1.00 bits per heavy atom. The van der Waals surface area contributed by atoms with Crippen molar-refractivity contribution in [3.05, 3.63) is 0 Å². The van der Waals surface area contributed by atoms with E-state index in [1.807, 2.05) is 0 Å². The van der Waals surface area contributed by atoms with Crippen LogP contribution in [0.3, 0.4) is 0 Å². The van der Waals surface area contributed by atoms with Crippen molar-refractivity contribution in [1.29, 1.82) is 0 Å². The van der Waals surface area contributed by atoms with E-state index >= 15 is 0 Å². The zero-order valence-electron chi connectivity index (χ0n) is 15.0. The van der Waals surface area contributed by atoms with Gasteiger partial charge in [0.2, 0.25) is 0 Å². The average Bonchev–Trinajstić information content (AvgIpc) is 2.60. The molecule has 0 rings (SSSR count). The largest absolute Gasteiger partial charge is 0.480 e. The second-order valence-corrected chi connectivity index (χ2v) is 5.94. The Kier molecular flexibility index (Phi) is 7.61. The van der Waals surface area contributed by atoms with Gasteiger partial charge in [-0.25, -0.2) is 0 Å². The molecule has 0 aliphatic heterocycles. The van der Waals surface area contributed by atoms with Gasteiger partial charge in [-0.1, -0.05) is 0 Å². The van der Waals surface area contributed by atoms with Crippen LogP contribution in [0.4, 0.5) is 43.9 Å². The van der Waals surface area contributed by atoms with Gasteiger partial charge < -0.3 is 20.8 Å². The molecule has 0 heterocycles. The minimum Gasteiger partial charge on any atom is -0.480 e. The van der Waals surface area contributed by atoms with E-state index in [9.17, 15) is 63.1 Å². The predicted molar refractivity (Wildman–Crippen MR) is 75.2 cm³/mol. The van der Waals surface area contributed by atoms with Crippen molar-refractivity contribution >= 4 is 23.8 Å². The van der Waals surface area contributed by atoms with Crippen molar-refractivity contribution in [2.75, 3.05) is 0 Å². The van der Waals surface area contributed by atoms with Crippen LogP contribution >= 0.6 is 0 Å². The fraction of sp³-hybridized carbons (Fsp3) is 0.692. The molecule has 4 N–H and O–H groups in total. The first kappa shape index (κ1) is 28.2. The maximum Gasteiger partial charge on any atom is 0.392 e. The molecular formula is C13H12F10N2O6. The maximum atomic E-state index is 13.6. The number of aliphatic carboxylic acids is 2. The topological polar surface area (TPSA) is 133 Å². The third-order valence-corrected chi connectivity index (χ3v) is 3.58. The monoisotopic (exact) mass is 482 g/mol. The summed E-state index contributed by atoms with van der Waals surface area (Å²) in [6.45, 7) is 0.757. The number of amides is 2. The molecule has 0 bridgehead atoms. The molecule has 2 atom stereocenters. The molecule has 18 heteroatoms. The summed E-state index contributed by atoms with van der Waals surface area (Å²) in [5, 5.41) is 17.9. The molecule has 0 aromatic heterocycles. The number of rotatable bonds is 10. The van der Waals surface area contributed by atoms with Gasteiger partial charge in [-0.3, -0.25) is 19.2 Å². The maximum absolute atomic E-state index is 13.6. The normalized spacial score (nSPS) is 15.6. The molecule has 8 nitrogen and oxygen atoms in total. The molecule has 180 valence electrons. The Balaban J connectivity index is 6.21. The van der Waals surface area contributed by atoms with E-state index < -0.39 is 65.4 Å². The summed E-state index contributed by atoms with van der Waals surface area (Å²) < 4.78 is 136. The number of hydrogen-bond donors (Lipinski definition) is 4. The van der Waals surface area contributed by atoms with E-state index in [-0.39, 0.29) is 0 Å². The molecule has 2 amide bonds. The third kappa shape index (κ3) is 4.60. The average molecular weight is 482 g/mol. The van der Waals surface area contributed by atoms with E-state index in [0.717, 1.165) is 0 Å². The van der Waals surface area contributed by atoms with E-state index in [4.69, 9.17) is 10.2 Å². The Hall–Kier alpha value is -2.82. The first-order valence-corrected chi connectivity index (χ1v) is 7.46. The number of alkyl halides is 10. The van der Waals surface area contributed by atoms with Gasteiger partial charge >= 0.3 is 41.6 Å². The van der Waals surface area contributed by atoms with Crippen LogP contribution < -0.4 is 10.6 Å². The molecule has 0 aromatic carbocycles. The molecule has 0 unspecified atom stereocenters. The Morgan fingerprint density at radius 1 is 0.581 bits per heavy atom. The van der Waals surface area contributed by atoms with Crippen molar-refractivity contribution in [1.82, 2.24) is 10.6 Å². The number of carboxylic acids is 2. The molecule has 0 spiro atoms. The second kappa shape index (κ2) is 8.37. The van der Waals surface area contributed by atoms with Crippen molar-refractivity contribution in [2.24, 2.45) is 0 Å². The lowest BCUT2D eigenvalue weighted by Gasteiger charge is -2.38. The molecule has 0 aliphatic carbocycles. The van der Waals surface area contributed by atoms with E-state index in [1.165, 1.54) is 0 Å². The molecule has 0 aromatic rings. The van der Waals surface area contributed by atoms with Gasteiger partial charge in [0.05, 0.1) is 0 Å². The minimum absolute atomic E-state index is 0.378. The van der Waals surface area contributed by atoms with Crippen LogP contribution in [0.1, 0.15) is 13.8 Å². The summed E-state index contributed by atoms with van der Waals surface area (Å²) in [7, 11) is 0. The van der Waals surface area contributed by atoms with E-state index in [2.05, 4.69) is 0 Å². The second-order valence-electron chi connectivity index (χ2n) is 5.94. The van der Waals surface area contributed by atoms with Gasteiger partial charge in [-0.15, -0.1) is 0 Å².